The predicted molar refractivity (Wildman–Crippen MR) is 103 cm³/mol. The van der Waals surface area contributed by atoms with Crippen LogP contribution in [0, 0.1) is 5.41 Å². The van der Waals surface area contributed by atoms with Gasteiger partial charge in [0.15, 0.2) is 0 Å². The summed E-state index contributed by atoms with van der Waals surface area (Å²) in [6, 6.07) is 8.83. The van der Waals surface area contributed by atoms with Crippen LogP contribution < -0.4 is 0 Å². The van der Waals surface area contributed by atoms with E-state index in [-0.39, 0.29) is 17.9 Å². The Hall–Kier alpha value is -1.04. The smallest absolute Gasteiger partial charge is 0.222 e. The highest BCUT2D eigenvalue weighted by Crippen LogP contribution is 2.39. The van der Waals surface area contributed by atoms with Crippen molar-refractivity contribution in [1.29, 1.82) is 0 Å². The van der Waals surface area contributed by atoms with Gasteiger partial charge in [-0.05, 0) is 56.2 Å². The first-order valence-electron chi connectivity index (χ1n) is 9.38. The van der Waals surface area contributed by atoms with Gasteiger partial charge in [-0.3, -0.25) is 9.69 Å². The lowest BCUT2D eigenvalue weighted by atomic mass is 9.73. The molecule has 0 saturated carbocycles. The lowest BCUT2D eigenvalue weighted by Crippen LogP contribution is -2.54. The molecule has 2 aliphatic rings. The number of aliphatic hydroxyl groups excluding tert-OH is 1. The first-order valence-corrected chi connectivity index (χ1v) is 10.6. The number of aliphatic hydroxyl groups is 1. The normalized spacial score (nSPS) is 24.9. The van der Waals surface area contributed by atoms with E-state index in [0.717, 1.165) is 32.6 Å². The van der Waals surface area contributed by atoms with E-state index in [9.17, 15) is 4.79 Å². The minimum atomic E-state index is 0.161. The Balaban J connectivity index is 1.64. The van der Waals surface area contributed by atoms with Gasteiger partial charge < -0.3 is 10.0 Å². The maximum atomic E-state index is 12.2. The second kappa shape index (κ2) is 8.56. The molecule has 0 aromatic heterocycles. The number of rotatable bonds is 6. The maximum Gasteiger partial charge on any atom is 0.222 e. The average Bonchev–Trinajstić information content (AvgIpc) is 2.63. The Morgan fingerprint density at radius 2 is 2.16 bits per heavy atom. The summed E-state index contributed by atoms with van der Waals surface area (Å²) in [6.45, 7) is 4.96. The summed E-state index contributed by atoms with van der Waals surface area (Å²) in [5.74, 6) is 0.267. The van der Waals surface area contributed by atoms with Gasteiger partial charge in [-0.1, -0.05) is 12.1 Å². The van der Waals surface area contributed by atoms with Gasteiger partial charge in [-0.2, -0.15) is 0 Å². The molecule has 0 unspecified atom stereocenters. The number of amides is 1. The lowest BCUT2D eigenvalue weighted by Gasteiger charge is -2.48. The largest absolute Gasteiger partial charge is 0.396 e. The van der Waals surface area contributed by atoms with Gasteiger partial charge in [-0.15, -0.1) is 11.8 Å². The van der Waals surface area contributed by atoms with Gasteiger partial charge in [0.05, 0.1) is 0 Å². The fraction of sp³-hybridized carbons (Fsp3) is 0.650. The molecule has 3 rings (SSSR count). The molecule has 0 radical (unpaired) electrons. The summed E-state index contributed by atoms with van der Waals surface area (Å²) in [5, 5.41) is 9.09. The number of hydrogen-bond donors (Lipinski definition) is 1. The zero-order valence-corrected chi connectivity index (χ0v) is 16.1. The zero-order chi connectivity index (χ0) is 17.7. The van der Waals surface area contributed by atoms with Crippen molar-refractivity contribution in [2.45, 2.75) is 43.5 Å². The third-order valence-electron chi connectivity index (χ3n) is 5.62. The number of hydrogen-bond acceptors (Lipinski definition) is 4. The van der Waals surface area contributed by atoms with Crippen molar-refractivity contribution in [3.63, 3.8) is 0 Å². The van der Waals surface area contributed by atoms with Gasteiger partial charge in [0.2, 0.25) is 5.91 Å². The molecule has 2 heterocycles. The molecule has 1 atom stereocenters. The summed E-state index contributed by atoms with van der Waals surface area (Å²) in [5.41, 5.74) is 1.63. The molecule has 25 heavy (non-hydrogen) atoms. The molecule has 2 fully saturated rings. The van der Waals surface area contributed by atoms with Crippen LogP contribution in [0.15, 0.2) is 29.2 Å². The van der Waals surface area contributed by atoms with Crippen molar-refractivity contribution in [1.82, 2.24) is 9.80 Å². The van der Waals surface area contributed by atoms with Gasteiger partial charge in [-0.25, -0.2) is 0 Å². The number of benzene rings is 1. The first kappa shape index (κ1) is 18.7. The molecule has 0 bridgehead atoms. The monoisotopic (exact) mass is 362 g/mol. The molecule has 138 valence electrons. The molecule has 2 aliphatic heterocycles. The summed E-state index contributed by atoms with van der Waals surface area (Å²) < 4.78 is 0. The SMILES string of the molecule is CSc1cccc(CN2CCC[C@@]3(CCC(=O)N(CCCO)C3)C2)c1. The van der Waals surface area contributed by atoms with E-state index in [1.807, 2.05) is 4.90 Å². The maximum absolute atomic E-state index is 12.2. The molecule has 1 N–H and O–H groups in total. The third-order valence-corrected chi connectivity index (χ3v) is 6.34. The summed E-state index contributed by atoms with van der Waals surface area (Å²) >= 11 is 1.79. The number of thioether (sulfide) groups is 1. The number of nitrogens with zero attached hydrogens (tertiary/aromatic N) is 2. The van der Waals surface area contributed by atoms with Crippen LogP contribution in [-0.2, 0) is 11.3 Å². The Labute approximate surface area is 155 Å². The van der Waals surface area contributed by atoms with Crippen LogP contribution in [-0.4, -0.2) is 59.9 Å². The Morgan fingerprint density at radius 3 is 2.96 bits per heavy atom. The predicted octanol–water partition coefficient (Wildman–Crippen LogP) is 3.00. The van der Waals surface area contributed by atoms with Gasteiger partial charge in [0.25, 0.3) is 0 Å². The van der Waals surface area contributed by atoms with Crippen molar-refractivity contribution in [3.8, 4) is 0 Å². The van der Waals surface area contributed by atoms with Gasteiger partial charge >= 0.3 is 0 Å². The van der Waals surface area contributed by atoms with E-state index < -0.39 is 0 Å². The van der Waals surface area contributed by atoms with Crippen LogP contribution >= 0.6 is 11.8 Å². The van der Waals surface area contributed by atoms with E-state index in [1.54, 1.807) is 11.8 Å². The number of likely N-dealkylation sites (tertiary alicyclic amines) is 2. The summed E-state index contributed by atoms with van der Waals surface area (Å²) in [6.07, 6.45) is 6.92. The standard InChI is InChI=1S/C20H30N2O2S/c1-25-18-6-2-5-17(13-18)14-21-10-3-8-20(15-21)9-7-19(24)22(16-20)11-4-12-23/h2,5-6,13,23H,3-4,7-12,14-16H2,1H3/t20-/m1/s1. The van der Waals surface area contributed by atoms with Gasteiger partial charge in [0, 0.05) is 49.5 Å². The summed E-state index contributed by atoms with van der Waals surface area (Å²) in [4.78, 5) is 18.1. The van der Waals surface area contributed by atoms with Crippen LogP contribution in [0.3, 0.4) is 0 Å². The molecule has 1 aromatic rings. The highest BCUT2D eigenvalue weighted by molar-refractivity contribution is 7.98. The molecule has 1 amide bonds. The number of carbonyl (C=O) groups is 1. The third kappa shape index (κ3) is 4.78. The van der Waals surface area contributed by atoms with Crippen LogP contribution in [0.5, 0.6) is 0 Å². The van der Waals surface area contributed by atoms with E-state index in [4.69, 9.17) is 5.11 Å². The Kier molecular flexibility index (Phi) is 6.42. The average molecular weight is 363 g/mol. The van der Waals surface area contributed by atoms with E-state index in [2.05, 4.69) is 35.4 Å². The molecule has 2 saturated heterocycles. The molecule has 5 heteroatoms. The molecule has 0 aliphatic carbocycles. The van der Waals surface area contributed by atoms with Crippen molar-refractivity contribution in [3.05, 3.63) is 29.8 Å². The van der Waals surface area contributed by atoms with Crippen molar-refractivity contribution >= 4 is 17.7 Å². The fourth-order valence-electron chi connectivity index (χ4n) is 4.37. The number of piperidine rings is 2. The first-order chi connectivity index (χ1) is 12.1. The quantitative estimate of drug-likeness (QED) is 0.790. The van der Waals surface area contributed by atoms with Crippen LogP contribution in [0.2, 0.25) is 0 Å². The topological polar surface area (TPSA) is 43.8 Å². The Bertz CT molecular complexity index is 595. The molecule has 4 nitrogen and oxygen atoms in total. The second-order valence-corrected chi connectivity index (χ2v) is 8.44. The molecule has 1 aromatic carbocycles. The zero-order valence-electron chi connectivity index (χ0n) is 15.2. The summed E-state index contributed by atoms with van der Waals surface area (Å²) in [7, 11) is 0. The molecular weight excluding hydrogens is 332 g/mol. The van der Waals surface area contributed by atoms with Crippen molar-refractivity contribution in [2.24, 2.45) is 5.41 Å². The van der Waals surface area contributed by atoms with E-state index in [0.29, 0.717) is 19.4 Å². The van der Waals surface area contributed by atoms with Crippen molar-refractivity contribution < 1.29 is 9.90 Å². The second-order valence-electron chi connectivity index (χ2n) is 7.56. The van der Waals surface area contributed by atoms with Crippen LogP contribution in [0.1, 0.15) is 37.7 Å². The van der Waals surface area contributed by atoms with Crippen LogP contribution in [0.4, 0.5) is 0 Å². The minimum Gasteiger partial charge on any atom is -0.396 e. The highest BCUT2D eigenvalue weighted by atomic mass is 32.2. The molecule has 1 spiro atoms. The Morgan fingerprint density at radius 1 is 1.28 bits per heavy atom. The van der Waals surface area contributed by atoms with E-state index >= 15 is 0 Å². The van der Waals surface area contributed by atoms with Gasteiger partial charge in [0.1, 0.15) is 0 Å². The van der Waals surface area contributed by atoms with Crippen LogP contribution in [0.25, 0.3) is 0 Å². The van der Waals surface area contributed by atoms with Crippen molar-refractivity contribution in [2.75, 3.05) is 39.0 Å². The number of carbonyl (C=O) groups excluding carboxylic acids is 1. The fourth-order valence-corrected chi connectivity index (χ4v) is 4.86. The van der Waals surface area contributed by atoms with E-state index in [1.165, 1.54) is 23.3 Å². The molecular formula is C20H30N2O2S. The highest BCUT2D eigenvalue weighted by Gasteiger charge is 2.41. The minimum absolute atomic E-state index is 0.161. The lowest BCUT2D eigenvalue weighted by molar-refractivity contribution is -0.139.